The molecule has 4 heterocycles. The van der Waals surface area contributed by atoms with Crippen LogP contribution in [0.1, 0.15) is 195 Å². The topological polar surface area (TPSA) is 121 Å². The third-order valence-electron chi connectivity index (χ3n) is 17.0. The fourth-order valence-electron chi connectivity index (χ4n) is 15.2. The smallest absolute Gasteiger partial charge is 0.412 e. The van der Waals surface area contributed by atoms with Crippen molar-refractivity contribution in [1.82, 2.24) is 5.32 Å². The van der Waals surface area contributed by atoms with Crippen molar-refractivity contribution in [3.05, 3.63) is 132 Å². The summed E-state index contributed by atoms with van der Waals surface area (Å²) in [4.78, 5) is 36.3. The summed E-state index contributed by atoms with van der Waals surface area (Å²) < 4.78 is 5.88. The third-order valence-corrected chi connectivity index (χ3v) is 17.0. The van der Waals surface area contributed by atoms with Crippen LogP contribution in [0.5, 0.6) is 0 Å². The molecule has 4 aliphatic rings. The summed E-state index contributed by atoms with van der Waals surface area (Å²) >= 11 is 0. The van der Waals surface area contributed by atoms with E-state index in [1.165, 1.54) is 16.8 Å². The van der Waals surface area contributed by atoms with Crippen LogP contribution in [0.2, 0.25) is 0 Å². The molecule has 0 atom stereocenters. The largest absolute Gasteiger partial charge is 0.437 e. The van der Waals surface area contributed by atoms with Crippen LogP contribution in [-0.2, 0) is 31.5 Å². The lowest BCUT2D eigenvalue weighted by Gasteiger charge is -2.56. The number of hydrogen-bond donors (Lipinski definition) is 5. The minimum atomic E-state index is -0.654. The molecular formula is C66H97N5O4. The first-order valence-corrected chi connectivity index (χ1v) is 27.1. The number of urea groups is 1. The van der Waals surface area contributed by atoms with Gasteiger partial charge < -0.3 is 26.0 Å². The number of nitrogens with one attached hydrogen (secondary N) is 5. The molecule has 4 aromatic rings. The Morgan fingerprint density at radius 2 is 0.760 bits per heavy atom. The van der Waals surface area contributed by atoms with Gasteiger partial charge in [-0.15, -0.1) is 0 Å². The number of rotatable bonds is 0. The molecule has 8 rings (SSSR count). The van der Waals surface area contributed by atoms with E-state index in [0.29, 0.717) is 6.42 Å². The van der Waals surface area contributed by atoms with Gasteiger partial charge in [-0.25, -0.2) is 9.59 Å². The van der Waals surface area contributed by atoms with Crippen LogP contribution >= 0.6 is 0 Å². The number of allylic oxidation sites excluding steroid dienone is 1. The molecule has 0 aromatic heterocycles. The van der Waals surface area contributed by atoms with Gasteiger partial charge in [-0.1, -0.05) is 246 Å². The van der Waals surface area contributed by atoms with Crippen molar-refractivity contribution in [2.24, 2.45) is 43.3 Å². The van der Waals surface area contributed by atoms with Crippen LogP contribution in [0.25, 0.3) is 0 Å². The van der Waals surface area contributed by atoms with Crippen molar-refractivity contribution in [2.75, 3.05) is 21.3 Å². The first-order valence-electron chi connectivity index (χ1n) is 27.1. The Bertz CT molecular complexity index is 2480. The van der Waals surface area contributed by atoms with Gasteiger partial charge in [0.15, 0.2) is 5.60 Å². The Hall–Kier alpha value is -5.57. The van der Waals surface area contributed by atoms with Crippen LogP contribution in [-0.4, -0.2) is 18.0 Å². The van der Waals surface area contributed by atoms with Crippen molar-refractivity contribution in [3.63, 3.8) is 0 Å². The van der Waals surface area contributed by atoms with Crippen LogP contribution in [0.3, 0.4) is 0 Å². The average molecular weight is 1020 g/mol. The second-order valence-corrected chi connectivity index (χ2v) is 29.7. The third kappa shape index (κ3) is 10.3. The number of ether oxygens (including phenoxy) is 1. The van der Waals surface area contributed by atoms with E-state index in [-0.39, 0.29) is 72.2 Å². The lowest BCUT2D eigenvalue weighted by molar-refractivity contribution is -0.146. The molecule has 9 nitrogen and oxygen atoms in total. The number of para-hydroxylation sites is 4. The Morgan fingerprint density at radius 3 is 1.16 bits per heavy atom. The SMILES string of the molecule is C=C1Nc2ccccc2C1(C(C)(C)C)C(C)(C)C.CC(C)(C)C1(C(C)(C)C)CC(=O)Nc2ccccc21.CC(C)(C)C1(C(C)(C)C)NC(=O)Nc2ccccc21.CC(C)(C)C1(C(C)(C)C)OC(=O)Nc2ccccc21. The maximum absolute atomic E-state index is 12.2. The van der Waals surface area contributed by atoms with Gasteiger partial charge >= 0.3 is 12.1 Å². The first-order chi connectivity index (χ1) is 33.9. The second kappa shape index (κ2) is 19.8. The molecule has 4 amide bonds. The maximum atomic E-state index is 12.2. The van der Waals surface area contributed by atoms with Crippen molar-refractivity contribution in [2.45, 2.75) is 195 Å². The minimum absolute atomic E-state index is 0.0130. The highest BCUT2D eigenvalue weighted by Crippen LogP contribution is 2.63. The van der Waals surface area contributed by atoms with Crippen molar-refractivity contribution in [3.8, 4) is 0 Å². The molecule has 75 heavy (non-hydrogen) atoms. The quantitative estimate of drug-likeness (QED) is 0.120. The molecule has 0 radical (unpaired) electrons. The zero-order valence-electron chi connectivity index (χ0n) is 50.8. The van der Waals surface area contributed by atoms with Crippen molar-refractivity contribution in [1.29, 1.82) is 0 Å². The lowest BCUT2D eigenvalue weighted by atomic mass is 9.49. The molecule has 5 N–H and O–H groups in total. The van der Waals surface area contributed by atoms with Gasteiger partial charge in [-0.2, -0.15) is 0 Å². The fraction of sp³-hybridized carbons (Fsp3) is 0.561. The molecule has 410 valence electrons. The van der Waals surface area contributed by atoms with Crippen LogP contribution in [0.4, 0.5) is 32.3 Å². The summed E-state index contributed by atoms with van der Waals surface area (Å²) in [6.07, 6.45) is 0.181. The summed E-state index contributed by atoms with van der Waals surface area (Å²) in [5.41, 5.74) is 8.33. The zero-order chi connectivity index (χ0) is 57.2. The Labute approximate surface area is 454 Å². The van der Waals surface area contributed by atoms with E-state index < -0.39 is 11.1 Å². The van der Waals surface area contributed by atoms with Gasteiger partial charge in [0, 0.05) is 62.0 Å². The van der Waals surface area contributed by atoms with Crippen molar-refractivity contribution >= 4 is 40.8 Å². The van der Waals surface area contributed by atoms with E-state index in [9.17, 15) is 14.4 Å². The Balaban J connectivity index is 0.000000185. The molecule has 4 aliphatic heterocycles. The second-order valence-electron chi connectivity index (χ2n) is 29.7. The predicted octanol–water partition coefficient (Wildman–Crippen LogP) is 18.0. The molecule has 9 heteroatoms. The van der Waals surface area contributed by atoms with Gasteiger partial charge in [-0.05, 0) is 67.9 Å². The summed E-state index contributed by atoms with van der Waals surface area (Å²) in [5.74, 6) is 0.128. The highest BCUT2D eigenvalue weighted by Gasteiger charge is 2.60. The predicted molar refractivity (Wildman–Crippen MR) is 316 cm³/mol. The first kappa shape index (κ1) is 60.3. The molecule has 0 fully saturated rings. The van der Waals surface area contributed by atoms with E-state index in [4.69, 9.17) is 4.74 Å². The number of fused-ring (bicyclic) bond motifs is 4. The maximum Gasteiger partial charge on any atom is 0.412 e. The number of anilines is 4. The number of amides is 4. The van der Waals surface area contributed by atoms with Crippen LogP contribution < -0.4 is 26.6 Å². The van der Waals surface area contributed by atoms with Gasteiger partial charge in [0.1, 0.15) is 0 Å². The number of benzene rings is 4. The standard InChI is InChI=1S/C17H25NO.C17H25N.C16H24N2O.C16H23NO2/c1-15(2,3)17(16(4,5)6)11-14(19)18-13-10-8-7-9-12(13)17;1-12-17(15(2,3)4,16(5,6)7)13-10-8-9-11-14(13)18-12;1-14(2,3)16(15(4,5)6)11-9-7-8-10-12(11)17-13(19)18-16;1-14(2,3)16(15(4,5)6)11-9-7-8-10-12(11)17-13(18)19-16/h7-10H,11H2,1-6H3,(H,18,19);8-11,18H,1H2,2-7H3;7-10H,1-6H3,(H2,17,18,19);7-10H,1-6H3,(H,17,18). The number of carbonyl (C=O) groups excluding carboxylic acids is 3. The molecule has 0 saturated heterocycles. The molecule has 0 unspecified atom stereocenters. The van der Waals surface area contributed by atoms with Gasteiger partial charge in [0.05, 0.1) is 11.2 Å². The van der Waals surface area contributed by atoms with E-state index in [1.807, 2.05) is 54.6 Å². The summed E-state index contributed by atoms with van der Waals surface area (Å²) in [5, 5.41) is 15.4. The molecule has 0 spiro atoms. The normalized spacial score (nSPS) is 18.5. The van der Waals surface area contributed by atoms with E-state index in [2.05, 4.69) is 242 Å². The monoisotopic (exact) mass is 1020 g/mol. The number of cyclic esters (lactones) is 1. The Kier molecular flexibility index (Phi) is 15.9. The van der Waals surface area contributed by atoms with Gasteiger partial charge in [0.2, 0.25) is 5.91 Å². The summed E-state index contributed by atoms with van der Waals surface area (Å²) in [6.45, 7) is 57.5. The molecule has 4 aromatic carbocycles. The van der Waals surface area contributed by atoms with Gasteiger partial charge in [0.25, 0.3) is 0 Å². The zero-order valence-corrected chi connectivity index (χ0v) is 50.8. The Morgan fingerprint density at radius 1 is 0.400 bits per heavy atom. The van der Waals surface area contributed by atoms with E-state index in [1.54, 1.807) is 0 Å². The average Bonchev–Trinajstić information content (AvgIpc) is 3.57. The van der Waals surface area contributed by atoms with Crippen molar-refractivity contribution < 1.29 is 19.1 Å². The summed E-state index contributed by atoms with van der Waals surface area (Å²) in [6, 6.07) is 32.7. The molecule has 0 saturated carbocycles. The molecular weight excluding hydrogens is 927 g/mol. The summed E-state index contributed by atoms with van der Waals surface area (Å²) in [7, 11) is 0. The van der Waals surface area contributed by atoms with Crippen LogP contribution in [0.15, 0.2) is 109 Å². The lowest BCUT2D eigenvalue weighted by Crippen LogP contribution is -2.64. The van der Waals surface area contributed by atoms with E-state index in [0.717, 1.165) is 33.9 Å². The molecule has 0 aliphatic carbocycles. The highest BCUT2D eigenvalue weighted by molar-refractivity contribution is 5.96. The minimum Gasteiger partial charge on any atom is -0.437 e. The van der Waals surface area contributed by atoms with Gasteiger partial charge in [-0.3, -0.25) is 10.1 Å². The highest BCUT2D eigenvalue weighted by atomic mass is 16.6. The number of carbonyl (C=O) groups is 3. The molecule has 0 bridgehead atoms. The van der Waals surface area contributed by atoms with Crippen LogP contribution in [0, 0.1) is 43.3 Å². The number of hydrogen-bond acceptors (Lipinski definition) is 5. The fourth-order valence-corrected chi connectivity index (χ4v) is 15.2. The van der Waals surface area contributed by atoms with E-state index >= 15 is 0 Å².